The molecule has 0 aromatic heterocycles. The summed E-state index contributed by atoms with van der Waals surface area (Å²) in [6, 6.07) is 0. The fraction of sp³-hybridized carbons (Fsp3) is 1.00. The maximum Gasteiger partial charge on any atom is 0.102 e. The summed E-state index contributed by atoms with van der Waals surface area (Å²) in [5, 5.41) is 18.4. The number of hydrogen-bond donors (Lipinski definition) is 2. The number of unbranched alkanes of at least 4 members (excludes halogenated alkanes) is 3. The van der Waals surface area contributed by atoms with Gasteiger partial charge in [-0.05, 0) is 38.5 Å². The van der Waals surface area contributed by atoms with Crippen LogP contribution in [0.25, 0.3) is 0 Å². The van der Waals surface area contributed by atoms with E-state index in [0.717, 1.165) is 22.1 Å². The van der Waals surface area contributed by atoms with Crippen molar-refractivity contribution in [1.82, 2.24) is 0 Å². The summed E-state index contributed by atoms with van der Waals surface area (Å²) in [7, 11) is 0. The Hall–Kier alpha value is -0.160. The van der Waals surface area contributed by atoms with Crippen LogP contribution in [0, 0.1) is 0 Å². The number of hydrogen-bond acceptors (Lipinski definition) is 2. The van der Waals surface area contributed by atoms with E-state index in [2.05, 4.69) is 41.5 Å². The zero-order valence-corrected chi connectivity index (χ0v) is 21.2. The Morgan fingerprint density at radius 2 is 0.655 bits per heavy atom. The molecular formula is C25H58N2O2+2. The van der Waals surface area contributed by atoms with Crippen LogP contribution in [-0.4, -0.2) is 84.8 Å². The van der Waals surface area contributed by atoms with Gasteiger partial charge < -0.3 is 19.2 Å². The fourth-order valence-corrected chi connectivity index (χ4v) is 4.67. The van der Waals surface area contributed by atoms with Crippen molar-refractivity contribution in [1.29, 1.82) is 0 Å². The minimum absolute atomic E-state index is 0.333. The van der Waals surface area contributed by atoms with Gasteiger partial charge in [0.2, 0.25) is 0 Å². The highest BCUT2D eigenvalue weighted by atomic mass is 16.3. The number of quaternary nitrogens is 2. The first-order chi connectivity index (χ1) is 14.0. The van der Waals surface area contributed by atoms with Crippen LogP contribution in [0.3, 0.4) is 0 Å². The maximum absolute atomic E-state index is 9.28. The van der Waals surface area contributed by atoms with Crippen LogP contribution in [-0.2, 0) is 0 Å². The van der Waals surface area contributed by atoms with Gasteiger partial charge in [0, 0.05) is 0 Å². The standard InChI is InChI=1S/C14H32NO.C11H26NO/c1-4-7-10-15(13-14-16,11-8-5-2)12-9-6-3;1-4-7-12(8-5-2,9-6-3)10-11-13/h16H,4-14H2,1-3H3;13H,4-11H2,1-3H3/q2*+1. The van der Waals surface area contributed by atoms with Gasteiger partial charge in [0.15, 0.2) is 0 Å². The van der Waals surface area contributed by atoms with Crippen LogP contribution >= 0.6 is 0 Å². The monoisotopic (exact) mass is 418 g/mol. The van der Waals surface area contributed by atoms with Crippen molar-refractivity contribution in [3.05, 3.63) is 0 Å². The van der Waals surface area contributed by atoms with Crippen molar-refractivity contribution in [3.63, 3.8) is 0 Å². The summed E-state index contributed by atoms with van der Waals surface area (Å²) in [5.41, 5.74) is 0. The Bertz CT molecular complexity index is 273. The van der Waals surface area contributed by atoms with Crippen LogP contribution < -0.4 is 0 Å². The third kappa shape index (κ3) is 15.3. The van der Waals surface area contributed by atoms with Crippen LogP contribution in [0.15, 0.2) is 0 Å². The van der Waals surface area contributed by atoms with E-state index in [1.807, 2.05) is 0 Å². The van der Waals surface area contributed by atoms with Gasteiger partial charge in [-0.3, -0.25) is 0 Å². The van der Waals surface area contributed by atoms with Crippen molar-refractivity contribution < 1.29 is 19.2 Å². The fourth-order valence-electron chi connectivity index (χ4n) is 4.67. The molecule has 0 bridgehead atoms. The van der Waals surface area contributed by atoms with Crippen molar-refractivity contribution in [3.8, 4) is 0 Å². The number of nitrogens with zero attached hydrogens (tertiary/aromatic N) is 2. The second-order valence-electron chi connectivity index (χ2n) is 8.98. The zero-order valence-electron chi connectivity index (χ0n) is 21.2. The first-order valence-electron chi connectivity index (χ1n) is 12.9. The highest BCUT2D eigenvalue weighted by Crippen LogP contribution is 2.14. The van der Waals surface area contributed by atoms with Crippen LogP contribution in [0.5, 0.6) is 0 Å². The average molecular weight is 419 g/mol. The number of aliphatic hydroxyl groups is 2. The number of rotatable bonds is 19. The molecule has 0 radical (unpaired) electrons. The molecule has 0 aliphatic carbocycles. The predicted molar refractivity (Wildman–Crippen MR) is 129 cm³/mol. The average Bonchev–Trinajstić information content (AvgIpc) is 2.70. The molecule has 0 aromatic carbocycles. The Balaban J connectivity index is 0. The van der Waals surface area contributed by atoms with Gasteiger partial charge in [-0.2, -0.15) is 0 Å². The van der Waals surface area contributed by atoms with Gasteiger partial charge in [-0.25, -0.2) is 0 Å². The predicted octanol–water partition coefficient (Wildman–Crippen LogP) is 5.22. The highest BCUT2D eigenvalue weighted by Gasteiger charge is 2.25. The Morgan fingerprint density at radius 3 is 0.862 bits per heavy atom. The molecule has 0 unspecified atom stereocenters. The molecular weight excluding hydrogens is 360 g/mol. The lowest BCUT2D eigenvalue weighted by Gasteiger charge is -2.38. The molecule has 0 aromatic rings. The van der Waals surface area contributed by atoms with E-state index in [0.29, 0.717) is 13.2 Å². The third-order valence-corrected chi connectivity index (χ3v) is 6.20. The molecule has 4 heteroatoms. The Kier molecular flexibility index (Phi) is 22.6. The lowest BCUT2D eigenvalue weighted by molar-refractivity contribution is -0.929. The number of aliphatic hydroxyl groups excluding tert-OH is 2. The molecule has 0 aliphatic rings. The van der Waals surface area contributed by atoms with Gasteiger partial charge in [-0.1, -0.05) is 60.8 Å². The lowest BCUT2D eigenvalue weighted by Crippen LogP contribution is -2.51. The smallest absolute Gasteiger partial charge is 0.102 e. The molecule has 0 fully saturated rings. The summed E-state index contributed by atoms with van der Waals surface area (Å²) >= 11 is 0. The van der Waals surface area contributed by atoms with Crippen molar-refractivity contribution in [2.24, 2.45) is 0 Å². The molecule has 0 amide bonds. The summed E-state index contributed by atoms with van der Waals surface area (Å²) in [4.78, 5) is 0. The minimum atomic E-state index is 0.333. The van der Waals surface area contributed by atoms with E-state index in [4.69, 9.17) is 5.11 Å². The van der Waals surface area contributed by atoms with E-state index >= 15 is 0 Å². The largest absolute Gasteiger partial charge is 0.391 e. The van der Waals surface area contributed by atoms with Crippen molar-refractivity contribution in [2.75, 3.05) is 65.6 Å². The van der Waals surface area contributed by atoms with Gasteiger partial charge in [0.1, 0.15) is 13.1 Å². The van der Waals surface area contributed by atoms with Gasteiger partial charge >= 0.3 is 0 Å². The topological polar surface area (TPSA) is 40.5 Å². The molecule has 2 N–H and O–H groups in total. The van der Waals surface area contributed by atoms with Crippen LogP contribution in [0.4, 0.5) is 0 Å². The Morgan fingerprint density at radius 1 is 0.379 bits per heavy atom. The summed E-state index contributed by atoms with van der Waals surface area (Å²) in [6.45, 7) is 23.5. The van der Waals surface area contributed by atoms with E-state index in [1.165, 1.54) is 97.1 Å². The molecule has 0 atom stereocenters. The van der Waals surface area contributed by atoms with E-state index in [-0.39, 0.29) is 0 Å². The zero-order chi connectivity index (χ0) is 22.4. The molecule has 0 spiro atoms. The molecule has 178 valence electrons. The first-order valence-corrected chi connectivity index (χ1v) is 12.9. The van der Waals surface area contributed by atoms with Crippen molar-refractivity contribution >= 4 is 0 Å². The second kappa shape index (κ2) is 21.1. The SMILES string of the molecule is CCCC[N+](CCO)(CCCC)CCCC.CCC[N+](CCC)(CCC)CCO. The van der Waals surface area contributed by atoms with E-state index < -0.39 is 0 Å². The van der Waals surface area contributed by atoms with Gasteiger partial charge in [-0.15, -0.1) is 0 Å². The van der Waals surface area contributed by atoms with E-state index in [9.17, 15) is 5.11 Å². The van der Waals surface area contributed by atoms with Crippen molar-refractivity contribution in [2.45, 2.75) is 99.3 Å². The third-order valence-electron chi connectivity index (χ3n) is 6.20. The van der Waals surface area contributed by atoms with Crippen LogP contribution in [0.2, 0.25) is 0 Å². The highest BCUT2D eigenvalue weighted by molar-refractivity contribution is 4.48. The maximum atomic E-state index is 9.28. The Labute approximate surface area is 184 Å². The molecule has 0 aliphatic heterocycles. The quantitative estimate of drug-likeness (QED) is 0.282. The van der Waals surface area contributed by atoms with E-state index in [1.54, 1.807) is 0 Å². The second-order valence-corrected chi connectivity index (χ2v) is 8.98. The minimum Gasteiger partial charge on any atom is -0.391 e. The molecule has 0 saturated carbocycles. The lowest BCUT2D eigenvalue weighted by atomic mass is 10.1. The first kappa shape index (κ1) is 31.0. The molecule has 0 saturated heterocycles. The molecule has 0 rings (SSSR count). The van der Waals surface area contributed by atoms with Gasteiger partial charge in [0.05, 0.1) is 52.5 Å². The summed E-state index contributed by atoms with van der Waals surface area (Å²) in [6.07, 6.45) is 11.4. The summed E-state index contributed by atoms with van der Waals surface area (Å²) < 4.78 is 2.28. The molecule has 4 nitrogen and oxygen atoms in total. The molecule has 0 heterocycles. The summed E-state index contributed by atoms with van der Waals surface area (Å²) in [5.74, 6) is 0. The van der Waals surface area contributed by atoms with Gasteiger partial charge in [0.25, 0.3) is 0 Å². The van der Waals surface area contributed by atoms with Crippen LogP contribution in [0.1, 0.15) is 99.3 Å². The molecule has 29 heavy (non-hydrogen) atoms. The normalized spacial score (nSPS) is 12.0.